The van der Waals surface area contributed by atoms with Crippen LogP contribution in [0.4, 0.5) is 0 Å². The van der Waals surface area contributed by atoms with Crippen molar-refractivity contribution in [3.05, 3.63) is 12.7 Å². The topological polar surface area (TPSA) is 57.6 Å². The zero-order chi connectivity index (χ0) is 9.78. The summed E-state index contributed by atoms with van der Waals surface area (Å²) in [6.45, 7) is 3.18. The molecule has 0 bridgehead atoms. The van der Waals surface area contributed by atoms with E-state index in [-0.39, 0.29) is 13.0 Å². The van der Waals surface area contributed by atoms with Gasteiger partial charge in [0, 0.05) is 6.54 Å². The van der Waals surface area contributed by atoms with Crippen molar-refractivity contribution in [3.8, 4) is 0 Å². The van der Waals surface area contributed by atoms with Gasteiger partial charge in [-0.15, -0.1) is 10.5 Å². The number of allylic oxidation sites excluding steroid dienone is 1. The molecule has 0 saturated heterocycles. The highest BCUT2D eigenvalue weighted by Gasteiger charge is 2.23. The minimum atomic E-state index is -4.10. The van der Waals surface area contributed by atoms with E-state index in [4.69, 9.17) is 28.1 Å². The molecule has 0 rings (SSSR count). The Balaban J connectivity index is 4.34. The van der Waals surface area contributed by atoms with E-state index in [1.807, 2.05) is 0 Å². The maximum absolute atomic E-state index is 10.6. The lowest BCUT2D eigenvalue weighted by molar-refractivity contribution is 0.458. The van der Waals surface area contributed by atoms with Crippen molar-refractivity contribution in [3.63, 3.8) is 0 Å². The Morgan fingerprint density at radius 3 is 2.33 bits per heavy atom. The SMILES string of the molecule is C=CCC(CN(Cl)Cl)S(=O)(=O)O. The zero-order valence-corrected chi connectivity index (χ0v) is 8.48. The molecule has 0 aliphatic heterocycles. The molecule has 0 radical (unpaired) electrons. The summed E-state index contributed by atoms with van der Waals surface area (Å²) in [7, 11) is -4.10. The van der Waals surface area contributed by atoms with Crippen LogP contribution in [0.1, 0.15) is 6.42 Å². The van der Waals surface area contributed by atoms with Gasteiger partial charge in [-0.05, 0) is 30.0 Å². The first-order valence-corrected chi connectivity index (χ1v) is 5.22. The van der Waals surface area contributed by atoms with Gasteiger partial charge in [-0.1, -0.05) is 6.08 Å². The Morgan fingerprint density at radius 2 is 2.08 bits per heavy atom. The smallest absolute Gasteiger partial charge is 0.269 e. The Bertz CT molecular complexity index is 239. The van der Waals surface area contributed by atoms with Crippen molar-refractivity contribution < 1.29 is 13.0 Å². The van der Waals surface area contributed by atoms with E-state index in [1.165, 1.54) is 6.08 Å². The first-order valence-electron chi connectivity index (χ1n) is 3.04. The molecule has 0 aliphatic carbocycles. The van der Waals surface area contributed by atoms with Crippen LogP contribution in [0.25, 0.3) is 0 Å². The van der Waals surface area contributed by atoms with E-state index in [1.54, 1.807) is 0 Å². The van der Waals surface area contributed by atoms with Gasteiger partial charge < -0.3 is 0 Å². The van der Waals surface area contributed by atoms with Gasteiger partial charge in [0.2, 0.25) is 0 Å². The van der Waals surface area contributed by atoms with E-state index in [9.17, 15) is 8.42 Å². The van der Waals surface area contributed by atoms with Crippen molar-refractivity contribution >= 4 is 33.7 Å². The molecule has 0 aliphatic rings. The van der Waals surface area contributed by atoms with E-state index < -0.39 is 15.4 Å². The summed E-state index contributed by atoms with van der Waals surface area (Å²) in [6, 6.07) is 0. The second-order valence-corrected chi connectivity index (χ2v) is 4.83. The maximum atomic E-state index is 10.6. The summed E-state index contributed by atoms with van der Waals surface area (Å²) >= 11 is 10.4. The van der Waals surface area contributed by atoms with E-state index >= 15 is 0 Å². The van der Waals surface area contributed by atoms with Crippen LogP contribution in [0.15, 0.2) is 12.7 Å². The van der Waals surface area contributed by atoms with Gasteiger partial charge in [0.15, 0.2) is 0 Å². The lowest BCUT2D eigenvalue weighted by atomic mass is 10.3. The molecule has 0 aromatic heterocycles. The average molecular weight is 234 g/mol. The summed E-state index contributed by atoms with van der Waals surface area (Å²) in [4.78, 5) is 0. The summed E-state index contributed by atoms with van der Waals surface area (Å²) in [5, 5.41) is -1.02. The molecule has 72 valence electrons. The molecule has 12 heavy (non-hydrogen) atoms. The van der Waals surface area contributed by atoms with Crippen molar-refractivity contribution in [1.29, 1.82) is 0 Å². The monoisotopic (exact) mass is 233 g/mol. The molecule has 1 N–H and O–H groups in total. The molecule has 0 amide bonds. The van der Waals surface area contributed by atoms with Crippen LogP contribution in [-0.4, -0.2) is 28.7 Å². The van der Waals surface area contributed by atoms with Gasteiger partial charge in [-0.2, -0.15) is 8.42 Å². The minimum Gasteiger partial charge on any atom is -0.285 e. The second-order valence-electron chi connectivity index (χ2n) is 2.15. The van der Waals surface area contributed by atoms with Gasteiger partial charge in [-0.3, -0.25) is 4.55 Å². The number of halogens is 2. The normalized spacial score (nSPS) is 14.7. The van der Waals surface area contributed by atoms with Crippen LogP contribution >= 0.6 is 23.6 Å². The van der Waals surface area contributed by atoms with Crippen LogP contribution in [0, 0.1) is 0 Å². The van der Waals surface area contributed by atoms with Crippen molar-refractivity contribution in [1.82, 2.24) is 3.94 Å². The molecule has 0 fully saturated rings. The van der Waals surface area contributed by atoms with E-state index in [2.05, 4.69) is 6.58 Å². The van der Waals surface area contributed by atoms with E-state index in [0.717, 1.165) is 0 Å². The predicted molar refractivity (Wildman–Crippen MR) is 48.6 cm³/mol. The average Bonchev–Trinajstić information content (AvgIpc) is 1.83. The van der Waals surface area contributed by atoms with Crippen LogP contribution in [0.5, 0.6) is 0 Å². The quantitative estimate of drug-likeness (QED) is 0.444. The highest BCUT2D eigenvalue weighted by atomic mass is 35.5. The molecule has 0 spiro atoms. The lowest BCUT2D eigenvalue weighted by Crippen LogP contribution is -2.28. The van der Waals surface area contributed by atoms with Crippen LogP contribution in [-0.2, 0) is 10.1 Å². The fourth-order valence-electron chi connectivity index (χ4n) is 0.630. The number of nitrogens with zero attached hydrogens (tertiary/aromatic N) is 1. The van der Waals surface area contributed by atoms with Crippen LogP contribution < -0.4 is 0 Å². The van der Waals surface area contributed by atoms with Gasteiger partial charge in [0.25, 0.3) is 10.1 Å². The molecule has 1 unspecified atom stereocenters. The zero-order valence-electron chi connectivity index (χ0n) is 6.15. The largest absolute Gasteiger partial charge is 0.285 e. The van der Waals surface area contributed by atoms with E-state index in [0.29, 0.717) is 3.94 Å². The Morgan fingerprint density at radius 1 is 1.58 bits per heavy atom. The predicted octanol–water partition coefficient (Wildman–Crippen LogP) is 1.43. The maximum Gasteiger partial charge on any atom is 0.269 e. The van der Waals surface area contributed by atoms with Crippen LogP contribution in [0.3, 0.4) is 0 Å². The first-order chi connectivity index (χ1) is 5.38. The first kappa shape index (κ1) is 12.2. The van der Waals surface area contributed by atoms with Gasteiger partial charge in [0.1, 0.15) is 5.25 Å². The van der Waals surface area contributed by atoms with Gasteiger partial charge >= 0.3 is 0 Å². The van der Waals surface area contributed by atoms with Gasteiger partial charge in [0.05, 0.1) is 0 Å². The third-order valence-electron chi connectivity index (χ3n) is 1.19. The van der Waals surface area contributed by atoms with Crippen molar-refractivity contribution in [2.75, 3.05) is 6.54 Å². The number of hydrogen-bond donors (Lipinski definition) is 1. The highest BCUT2D eigenvalue weighted by Crippen LogP contribution is 2.10. The fourth-order valence-corrected chi connectivity index (χ4v) is 1.84. The molecule has 7 heteroatoms. The van der Waals surface area contributed by atoms with Crippen molar-refractivity contribution in [2.45, 2.75) is 11.7 Å². The molecule has 4 nitrogen and oxygen atoms in total. The number of hydrogen-bond acceptors (Lipinski definition) is 3. The Labute approximate surface area is 81.7 Å². The fraction of sp³-hybridized carbons (Fsp3) is 0.600. The Kier molecular flexibility index (Phi) is 5.12. The second kappa shape index (κ2) is 5.04. The summed E-state index contributed by atoms with van der Waals surface area (Å²) < 4.78 is 30.5. The summed E-state index contributed by atoms with van der Waals surface area (Å²) in [5.41, 5.74) is 0. The van der Waals surface area contributed by atoms with Crippen LogP contribution in [0.2, 0.25) is 0 Å². The molecule has 0 aromatic carbocycles. The minimum absolute atomic E-state index is 0.106. The lowest BCUT2D eigenvalue weighted by Gasteiger charge is -2.12. The Hall–Kier alpha value is 0.190. The highest BCUT2D eigenvalue weighted by molar-refractivity contribution is 7.86. The third kappa shape index (κ3) is 4.95. The standard InChI is InChI=1S/C5H9Cl2NO3S/c1-2-3-5(4-8(6)7)12(9,10)11/h2,5H,1,3-4H2,(H,9,10,11). The summed E-state index contributed by atoms with van der Waals surface area (Å²) in [6.07, 6.45) is 1.48. The third-order valence-corrected chi connectivity index (χ3v) is 2.65. The molecule has 0 saturated carbocycles. The van der Waals surface area contributed by atoms with Gasteiger partial charge in [-0.25, -0.2) is 0 Å². The molecule has 1 atom stereocenters. The molecule has 0 aromatic rings. The van der Waals surface area contributed by atoms with Crippen molar-refractivity contribution in [2.24, 2.45) is 0 Å². The number of rotatable bonds is 5. The molecular weight excluding hydrogens is 225 g/mol. The summed E-state index contributed by atoms with van der Waals surface area (Å²) in [5.74, 6) is 0. The molecular formula is C5H9Cl2NO3S. The molecule has 0 heterocycles.